The topological polar surface area (TPSA) is 62.5 Å². The van der Waals surface area contributed by atoms with Crippen molar-refractivity contribution in [1.29, 1.82) is 0 Å². The van der Waals surface area contributed by atoms with E-state index in [1.54, 1.807) is 6.07 Å². The molecule has 0 saturated heterocycles. The van der Waals surface area contributed by atoms with Crippen LogP contribution in [0.1, 0.15) is 16.1 Å². The first kappa shape index (κ1) is 13.0. The number of carboxylic acids is 1. The largest absolute Gasteiger partial charge is 0.478 e. The molecular weight excluding hydrogens is 321 g/mol. The number of hydrogen-bond donors (Lipinski definition) is 2. The van der Waals surface area contributed by atoms with Gasteiger partial charge in [0.05, 0.1) is 22.8 Å². The van der Waals surface area contributed by atoms with Gasteiger partial charge in [-0.25, -0.2) is 4.79 Å². The maximum Gasteiger partial charge on any atom is 0.338 e. The number of carboxylic acid groups (broad SMARTS) is 1. The molecule has 18 heavy (non-hydrogen) atoms. The summed E-state index contributed by atoms with van der Waals surface area (Å²) in [5.41, 5.74) is 0.891. The van der Waals surface area contributed by atoms with E-state index in [1.807, 2.05) is 12.1 Å². The van der Waals surface area contributed by atoms with Gasteiger partial charge in [0.25, 0.3) is 0 Å². The van der Waals surface area contributed by atoms with Crippen LogP contribution in [-0.2, 0) is 6.54 Å². The number of nitrogens with one attached hydrogen (secondary N) is 1. The third-order valence-electron chi connectivity index (χ3n) is 2.28. The van der Waals surface area contributed by atoms with E-state index in [1.165, 1.54) is 12.3 Å². The predicted octanol–water partition coefficient (Wildman–Crippen LogP) is 4.01. The van der Waals surface area contributed by atoms with Crippen LogP contribution in [0.5, 0.6) is 0 Å². The molecule has 0 unspecified atom stereocenters. The minimum absolute atomic E-state index is 0.133. The van der Waals surface area contributed by atoms with E-state index in [2.05, 4.69) is 21.2 Å². The zero-order valence-corrected chi connectivity index (χ0v) is 11.5. The zero-order chi connectivity index (χ0) is 13.1. The van der Waals surface area contributed by atoms with E-state index in [0.29, 0.717) is 17.3 Å². The zero-order valence-electron chi connectivity index (χ0n) is 9.11. The fourth-order valence-corrected chi connectivity index (χ4v) is 2.14. The summed E-state index contributed by atoms with van der Waals surface area (Å²) in [7, 11) is 0. The Morgan fingerprint density at radius 2 is 2.22 bits per heavy atom. The second kappa shape index (κ2) is 5.46. The Bertz CT molecular complexity index is 582. The highest BCUT2D eigenvalue weighted by Gasteiger charge is 2.08. The minimum atomic E-state index is -1.01. The summed E-state index contributed by atoms with van der Waals surface area (Å²) < 4.78 is 6.01. The summed E-state index contributed by atoms with van der Waals surface area (Å²) in [5.74, 6) is -0.474. The van der Waals surface area contributed by atoms with Crippen LogP contribution in [0.3, 0.4) is 0 Å². The van der Waals surface area contributed by atoms with Gasteiger partial charge in [0.2, 0.25) is 0 Å². The fraction of sp³-hybridized carbons (Fsp3) is 0.0833. The lowest BCUT2D eigenvalue weighted by atomic mass is 10.3. The summed E-state index contributed by atoms with van der Waals surface area (Å²) in [4.78, 5) is 10.7. The van der Waals surface area contributed by atoms with Crippen molar-refractivity contribution in [2.24, 2.45) is 0 Å². The lowest BCUT2D eigenvalue weighted by Gasteiger charge is -2.06. The van der Waals surface area contributed by atoms with Gasteiger partial charge in [-0.1, -0.05) is 27.5 Å². The maximum atomic E-state index is 10.7. The summed E-state index contributed by atoms with van der Waals surface area (Å²) >= 11 is 9.35. The minimum Gasteiger partial charge on any atom is -0.478 e. The lowest BCUT2D eigenvalue weighted by molar-refractivity contribution is 0.0696. The summed E-state index contributed by atoms with van der Waals surface area (Å²) in [6.45, 7) is 0.370. The normalized spacial score (nSPS) is 10.3. The summed E-state index contributed by atoms with van der Waals surface area (Å²) in [6.07, 6.45) is 1.21. The highest BCUT2D eigenvalue weighted by Crippen LogP contribution is 2.26. The second-order valence-corrected chi connectivity index (χ2v) is 4.91. The summed E-state index contributed by atoms with van der Waals surface area (Å²) in [5, 5.41) is 12.4. The molecule has 0 aliphatic carbocycles. The quantitative estimate of drug-likeness (QED) is 0.889. The maximum absolute atomic E-state index is 10.7. The molecule has 0 amide bonds. The molecule has 0 bridgehead atoms. The first-order valence-corrected chi connectivity index (χ1v) is 6.23. The Hall–Kier alpha value is -1.46. The summed E-state index contributed by atoms with van der Waals surface area (Å²) in [6, 6.07) is 6.93. The van der Waals surface area contributed by atoms with Crippen LogP contribution in [-0.4, -0.2) is 11.1 Å². The van der Waals surface area contributed by atoms with E-state index < -0.39 is 5.97 Å². The molecule has 2 aromatic rings. The number of carbonyl (C=O) groups is 1. The molecule has 0 fully saturated rings. The standard InChI is InChI=1S/C12H9BrClNO3/c13-8-1-2-11(10(14)4-8)15-5-9-3-7(6-18-9)12(16)17/h1-4,6,15H,5H2,(H,16,17). The first-order valence-electron chi connectivity index (χ1n) is 5.06. The smallest absolute Gasteiger partial charge is 0.338 e. The molecule has 1 aromatic heterocycles. The third kappa shape index (κ3) is 3.05. The van der Waals surface area contributed by atoms with Crippen LogP contribution in [0, 0.1) is 0 Å². The lowest BCUT2D eigenvalue weighted by Crippen LogP contribution is -1.99. The third-order valence-corrected chi connectivity index (χ3v) is 3.09. The number of furan rings is 1. The second-order valence-electron chi connectivity index (χ2n) is 3.58. The predicted molar refractivity (Wildman–Crippen MR) is 72.1 cm³/mol. The highest BCUT2D eigenvalue weighted by molar-refractivity contribution is 9.10. The van der Waals surface area contributed by atoms with E-state index in [0.717, 1.165) is 10.2 Å². The average molecular weight is 331 g/mol. The van der Waals surface area contributed by atoms with Crippen molar-refractivity contribution in [3.63, 3.8) is 0 Å². The van der Waals surface area contributed by atoms with Crippen LogP contribution in [0.25, 0.3) is 0 Å². The van der Waals surface area contributed by atoms with Gasteiger partial charge in [-0.15, -0.1) is 0 Å². The van der Waals surface area contributed by atoms with Gasteiger partial charge >= 0.3 is 5.97 Å². The van der Waals surface area contributed by atoms with Gasteiger partial charge in [0.1, 0.15) is 12.0 Å². The van der Waals surface area contributed by atoms with Gasteiger partial charge in [-0.05, 0) is 24.3 Å². The number of benzene rings is 1. The Morgan fingerprint density at radius 3 is 2.83 bits per heavy atom. The van der Waals surface area contributed by atoms with E-state index in [4.69, 9.17) is 21.1 Å². The monoisotopic (exact) mass is 329 g/mol. The molecule has 2 rings (SSSR count). The Labute approximate surface area is 117 Å². The van der Waals surface area contributed by atoms with Crippen molar-refractivity contribution in [1.82, 2.24) is 0 Å². The molecule has 1 aromatic carbocycles. The molecule has 1 heterocycles. The van der Waals surface area contributed by atoms with Crippen molar-refractivity contribution in [3.05, 3.63) is 51.3 Å². The molecule has 6 heteroatoms. The number of rotatable bonds is 4. The van der Waals surface area contributed by atoms with Crippen LogP contribution in [0.2, 0.25) is 5.02 Å². The van der Waals surface area contributed by atoms with Crippen molar-refractivity contribution in [2.75, 3.05) is 5.32 Å². The van der Waals surface area contributed by atoms with E-state index in [9.17, 15) is 4.79 Å². The van der Waals surface area contributed by atoms with Gasteiger partial charge in [0, 0.05) is 4.47 Å². The van der Waals surface area contributed by atoms with Gasteiger partial charge < -0.3 is 14.8 Å². The molecule has 0 atom stereocenters. The number of anilines is 1. The van der Waals surface area contributed by atoms with E-state index >= 15 is 0 Å². The Kier molecular flexibility index (Phi) is 3.93. The molecule has 0 radical (unpaired) electrons. The molecule has 0 aliphatic rings. The van der Waals surface area contributed by atoms with Crippen LogP contribution >= 0.6 is 27.5 Å². The van der Waals surface area contributed by atoms with Gasteiger partial charge in [-0.2, -0.15) is 0 Å². The van der Waals surface area contributed by atoms with Gasteiger partial charge in [0.15, 0.2) is 0 Å². The number of aromatic carboxylic acids is 1. The van der Waals surface area contributed by atoms with Crippen molar-refractivity contribution >= 4 is 39.2 Å². The molecular formula is C12H9BrClNO3. The van der Waals surface area contributed by atoms with E-state index in [-0.39, 0.29) is 5.56 Å². The van der Waals surface area contributed by atoms with Crippen LogP contribution in [0.15, 0.2) is 39.4 Å². The van der Waals surface area contributed by atoms with Crippen LogP contribution in [0.4, 0.5) is 5.69 Å². The molecule has 94 valence electrons. The van der Waals surface area contributed by atoms with Gasteiger partial charge in [-0.3, -0.25) is 0 Å². The molecule has 0 aliphatic heterocycles. The number of hydrogen-bond acceptors (Lipinski definition) is 3. The fourth-order valence-electron chi connectivity index (χ4n) is 1.40. The highest BCUT2D eigenvalue weighted by atomic mass is 79.9. The molecule has 4 nitrogen and oxygen atoms in total. The molecule has 0 saturated carbocycles. The van der Waals surface area contributed by atoms with Crippen molar-refractivity contribution in [2.45, 2.75) is 6.54 Å². The van der Waals surface area contributed by atoms with Crippen molar-refractivity contribution in [3.8, 4) is 0 Å². The first-order chi connectivity index (χ1) is 8.56. The number of halogens is 2. The van der Waals surface area contributed by atoms with Crippen molar-refractivity contribution < 1.29 is 14.3 Å². The molecule has 2 N–H and O–H groups in total. The Morgan fingerprint density at radius 1 is 1.44 bits per heavy atom. The average Bonchev–Trinajstić information content (AvgIpc) is 2.76. The molecule has 0 spiro atoms. The van der Waals surface area contributed by atoms with Crippen LogP contribution < -0.4 is 5.32 Å². The Balaban J connectivity index is 2.04. The SMILES string of the molecule is O=C(O)c1coc(CNc2ccc(Br)cc2Cl)c1.